The van der Waals surface area contributed by atoms with Gasteiger partial charge in [0.25, 0.3) is 0 Å². The molecule has 0 atom stereocenters. The van der Waals surface area contributed by atoms with E-state index in [0.29, 0.717) is 17.7 Å². The molecule has 9 heteroatoms. The van der Waals surface area contributed by atoms with Gasteiger partial charge in [-0.15, -0.1) is 0 Å². The first-order valence-corrected chi connectivity index (χ1v) is 7.71. The van der Waals surface area contributed by atoms with Crippen LogP contribution in [0.4, 0.5) is 18.9 Å². The van der Waals surface area contributed by atoms with Gasteiger partial charge in [0, 0.05) is 6.54 Å². The monoisotopic (exact) mass is 325 g/mol. The van der Waals surface area contributed by atoms with Crippen LogP contribution in [-0.4, -0.2) is 34.2 Å². The molecule has 0 saturated heterocycles. The van der Waals surface area contributed by atoms with Crippen LogP contribution in [-0.2, 0) is 10.2 Å². The Hall–Kier alpha value is -1.32. The fraction of sp³-hybridized carbons (Fsp3) is 0.500. The second kappa shape index (κ2) is 7.10. The molecule has 0 aliphatic heterocycles. The summed E-state index contributed by atoms with van der Waals surface area (Å²) in [4.78, 5) is 0. The molecule has 0 aliphatic rings. The number of nitrogens with one attached hydrogen (secondary N) is 1. The van der Waals surface area contributed by atoms with Gasteiger partial charge >= 0.3 is 16.4 Å². The number of nitrogens with zero attached hydrogens (tertiary/aromatic N) is 1. The van der Waals surface area contributed by atoms with Crippen LogP contribution in [0.2, 0.25) is 0 Å². The Morgan fingerprint density at radius 3 is 2.43 bits per heavy atom. The summed E-state index contributed by atoms with van der Waals surface area (Å²) in [6.07, 6.45) is -4.28. The molecule has 21 heavy (non-hydrogen) atoms. The Morgan fingerprint density at radius 1 is 1.29 bits per heavy atom. The van der Waals surface area contributed by atoms with Crippen molar-refractivity contribution in [1.82, 2.24) is 4.72 Å². The molecular weight excluding hydrogens is 307 g/mol. The van der Waals surface area contributed by atoms with E-state index in [1.54, 1.807) is 35.9 Å². The van der Waals surface area contributed by atoms with Crippen molar-refractivity contribution < 1.29 is 21.6 Å². The Kier molecular flexibility index (Phi) is 5.99. The molecular formula is C12H18F3N3O2S. The Morgan fingerprint density at radius 2 is 1.90 bits per heavy atom. The highest BCUT2D eigenvalue weighted by atomic mass is 32.2. The predicted octanol–water partition coefficient (Wildman–Crippen LogP) is 1.55. The second-order valence-electron chi connectivity index (χ2n) is 4.44. The van der Waals surface area contributed by atoms with Crippen LogP contribution >= 0.6 is 0 Å². The fourth-order valence-corrected chi connectivity index (χ4v) is 3.03. The Balaban J connectivity index is 3.04. The van der Waals surface area contributed by atoms with Gasteiger partial charge in [0.2, 0.25) is 0 Å². The van der Waals surface area contributed by atoms with E-state index in [4.69, 9.17) is 5.73 Å². The molecule has 5 nitrogen and oxygen atoms in total. The van der Waals surface area contributed by atoms with Crippen LogP contribution in [0.3, 0.4) is 0 Å². The number of halogens is 3. The zero-order valence-electron chi connectivity index (χ0n) is 11.5. The van der Waals surface area contributed by atoms with Gasteiger partial charge in [0.1, 0.15) is 6.54 Å². The molecule has 0 fully saturated rings. The lowest BCUT2D eigenvalue weighted by Crippen LogP contribution is -2.45. The molecule has 0 unspecified atom stereocenters. The van der Waals surface area contributed by atoms with Gasteiger partial charge in [-0.2, -0.15) is 26.3 Å². The van der Waals surface area contributed by atoms with Gasteiger partial charge in [-0.1, -0.05) is 18.2 Å². The number of anilines is 1. The maximum atomic E-state index is 12.2. The molecule has 0 radical (unpaired) electrons. The third kappa shape index (κ3) is 5.52. The number of hydrogen-bond acceptors (Lipinski definition) is 3. The number of hydrogen-bond donors (Lipinski definition) is 2. The molecule has 1 aromatic rings. The normalized spacial score (nSPS) is 12.4. The molecule has 3 N–H and O–H groups in total. The van der Waals surface area contributed by atoms with Gasteiger partial charge < -0.3 is 5.73 Å². The van der Waals surface area contributed by atoms with Crippen molar-refractivity contribution in [3.05, 3.63) is 29.8 Å². The first-order valence-electron chi connectivity index (χ1n) is 6.27. The van der Waals surface area contributed by atoms with Gasteiger partial charge in [-0.25, -0.2) is 0 Å². The highest BCUT2D eigenvalue weighted by Crippen LogP contribution is 2.23. The lowest BCUT2D eigenvalue weighted by atomic mass is 10.2. The van der Waals surface area contributed by atoms with Gasteiger partial charge in [-0.3, -0.25) is 4.31 Å². The van der Waals surface area contributed by atoms with Gasteiger partial charge in [0.05, 0.1) is 5.69 Å². The van der Waals surface area contributed by atoms with Crippen LogP contribution in [0.25, 0.3) is 0 Å². The zero-order valence-corrected chi connectivity index (χ0v) is 12.3. The maximum absolute atomic E-state index is 12.2. The lowest BCUT2D eigenvalue weighted by molar-refractivity contribution is -0.121. The molecule has 0 spiro atoms. The van der Waals surface area contributed by atoms with E-state index < -0.39 is 22.9 Å². The first-order chi connectivity index (χ1) is 9.67. The van der Waals surface area contributed by atoms with Crippen LogP contribution in [0, 0.1) is 6.92 Å². The standard InChI is InChI=1S/C12H18F3N3O2S/c1-10-5-2-3-6-11(10)18(8-4-7-16)21(19,20)17-9-12(13,14)15/h2-3,5-6,17H,4,7-9,16H2,1H3. The molecule has 0 heterocycles. The summed E-state index contributed by atoms with van der Waals surface area (Å²) in [5.74, 6) is 0. The third-order valence-electron chi connectivity index (χ3n) is 2.69. The van der Waals surface area contributed by atoms with Crippen LogP contribution in [0.1, 0.15) is 12.0 Å². The van der Waals surface area contributed by atoms with E-state index >= 15 is 0 Å². The fourth-order valence-electron chi connectivity index (χ4n) is 1.70. The first kappa shape index (κ1) is 17.7. The summed E-state index contributed by atoms with van der Waals surface area (Å²) >= 11 is 0. The molecule has 0 aliphatic carbocycles. The average Bonchev–Trinajstić information content (AvgIpc) is 2.38. The lowest BCUT2D eigenvalue weighted by Gasteiger charge is -2.26. The van der Waals surface area contributed by atoms with Crippen LogP contribution in [0.5, 0.6) is 0 Å². The number of para-hydroxylation sites is 1. The maximum Gasteiger partial charge on any atom is 0.402 e. The van der Waals surface area contributed by atoms with Crippen molar-refractivity contribution in [3.8, 4) is 0 Å². The largest absolute Gasteiger partial charge is 0.402 e. The molecule has 0 bridgehead atoms. The molecule has 0 aromatic heterocycles. The van der Waals surface area contributed by atoms with E-state index in [9.17, 15) is 21.6 Å². The minimum Gasteiger partial charge on any atom is -0.330 e. The summed E-state index contributed by atoms with van der Waals surface area (Å²) in [6, 6.07) is 6.56. The van der Waals surface area contributed by atoms with Crippen molar-refractivity contribution in [1.29, 1.82) is 0 Å². The minimum atomic E-state index is -4.61. The van der Waals surface area contributed by atoms with Crippen molar-refractivity contribution in [2.45, 2.75) is 19.5 Å². The van der Waals surface area contributed by atoms with Gasteiger partial charge in [0.15, 0.2) is 0 Å². The number of rotatable bonds is 7. The van der Waals surface area contributed by atoms with Gasteiger partial charge in [-0.05, 0) is 31.5 Å². The molecule has 1 aromatic carbocycles. The van der Waals surface area contributed by atoms with Crippen molar-refractivity contribution in [2.75, 3.05) is 23.9 Å². The Labute approximate surface area is 122 Å². The molecule has 1 rings (SSSR count). The third-order valence-corrected chi connectivity index (χ3v) is 4.16. The van der Waals surface area contributed by atoms with Crippen molar-refractivity contribution in [2.24, 2.45) is 5.73 Å². The Bertz CT molecular complexity index is 561. The summed E-state index contributed by atoms with van der Waals surface area (Å²) < 4.78 is 63.4. The van der Waals surface area contributed by atoms with E-state index in [1.165, 1.54) is 0 Å². The summed E-state index contributed by atoms with van der Waals surface area (Å²) in [6.45, 7) is 0.316. The predicted molar refractivity (Wildman–Crippen MR) is 75.2 cm³/mol. The quantitative estimate of drug-likeness (QED) is 0.798. The summed E-state index contributed by atoms with van der Waals surface area (Å²) in [5, 5.41) is 0. The van der Waals surface area contributed by atoms with E-state index in [0.717, 1.165) is 4.31 Å². The van der Waals surface area contributed by atoms with Crippen molar-refractivity contribution >= 4 is 15.9 Å². The number of aryl methyl sites for hydroxylation is 1. The molecule has 0 saturated carbocycles. The van der Waals surface area contributed by atoms with Crippen molar-refractivity contribution in [3.63, 3.8) is 0 Å². The van der Waals surface area contributed by atoms with Crippen LogP contribution in [0.15, 0.2) is 24.3 Å². The number of alkyl halides is 3. The SMILES string of the molecule is Cc1ccccc1N(CCCN)S(=O)(=O)NCC(F)(F)F. The summed E-state index contributed by atoms with van der Waals surface area (Å²) in [7, 11) is -4.30. The van der Waals surface area contributed by atoms with E-state index in [1.807, 2.05) is 0 Å². The van der Waals surface area contributed by atoms with Crippen LogP contribution < -0.4 is 14.8 Å². The minimum absolute atomic E-state index is 0.00848. The highest BCUT2D eigenvalue weighted by molar-refractivity contribution is 7.90. The summed E-state index contributed by atoms with van der Waals surface area (Å²) in [5.41, 5.74) is 6.34. The smallest absolute Gasteiger partial charge is 0.330 e. The molecule has 120 valence electrons. The molecule has 0 amide bonds. The average molecular weight is 325 g/mol. The zero-order chi connectivity index (χ0) is 16.1. The number of nitrogens with two attached hydrogens (primary N) is 1. The van der Waals surface area contributed by atoms with E-state index in [-0.39, 0.29) is 13.1 Å². The number of benzene rings is 1. The second-order valence-corrected chi connectivity index (χ2v) is 6.12. The van der Waals surface area contributed by atoms with E-state index in [2.05, 4.69) is 0 Å². The topological polar surface area (TPSA) is 75.4 Å². The highest BCUT2D eigenvalue weighted by Gasteiger charge is 2.32.